The second kappa shape index (κ2) is 9.58. The van der Waals surface area contributed by atoms with Gasteiger partial charge in [0.25, 0.3) is 5.91 Å². The van der Waals surface area contributed by atoms with Gasteiger partial charge < -0.3 is 19.9 Å². The Morgan fingerprint density at radius 3 is 2.33 bits per heavy atom. The van der Waals surface area contributed by atoms with Gasteiger partial charge in [-0.15, -0.1) is 0 Å². The molecule has 30 heavy (non-hydrogen) atoms. The fourth-order valence-electron chi connectivity index (χ4n) is 3.46. The summed E-state index contributed by atoms with van der Waals surface area (Å²) in [6.07, 6.45) is 0. The highest BCUT2D eigenvalue weighted by molar-refractivity contribution is 6.34. The monoisotopic (exact) mass is 449 g/mol. The van der Waals surface area contributed by atoms with E-state index in [1.807, 2.05) is 24.8 Å². The molecule has 2 amide bonds. The summed E-state index contributed by atoms with van der Waals surface area (Å²) in [5.74, 6) is 0.337. The number of hydrogen-bond donors (Lipinski definition) is 1. The van der Waals surface area contributed by atoms with E-state index in [0.29, 0.717) is 53.2 Å². The predicted octanol–water partition coefficient (Wildman–Crippen LogP) is 4.56. The van der Waals surface area contributed by atoms with E-state index in [4.69, 9.17) is 27.9 Å². The third-order valence-corrected chi connectivity index (χ3v) is 5.65. The van der Waals surface area contributed by atoms with Gasteiger partial charge in [-0.2, -0.15) is 0 Å². The molecule has 0 spiro atoms. The average molecular weight is 450 g/mol. The van der Waals surface area contributed by atoms with Crippen LogP contribution in [-0.4, -0.2) is 50.0 Å². The molecule has 1 heterocycles. The molecule has 0 radical (unpaired) electrons. The van der Waals surface area contributed by atoms with Crippen molar-refractivity contribution in [2.45, 2.75) is 13.8 Å². The molecule has 0 atom stereocenters. The number of anilines is 2. The Kier molecular flexibility index (Phi) is 7.10. The summed E-state index contributed by atoms with van der Waals surface area (Å²) in [7, 11) is 1.52. The maximum Gasteiger partial charge on any atom is 0.255 e. The zero-order valence-electron chi connectivity index (χ0n) is 17.2. The molecular formula is C22H25Cl2N3O3. The number of amides is 2. The van der Waals surface area contributed by atoms with E-state index in [1.165, 1.54) is 7.11 Å². The van der Waals surface area contributed by atoms with E-state index in [0.717, 1.165) is 5.69 Å². The molecule has 1 N–H and O–H groups in total. The largest absolute Gasteiger partial charge is 0.495 e. The minimum absolute atomic E-state index is 0.0250. The summed E-state index contributed by atoms with van der Waals surface area (Å²) >= 11 is 12.6. The second-order valence-corrected chi connectivity index (χ2v) is 8.22. The first-order valence-corrected chi connectivity index (χ1v) is 10.5. The van der Waals surface area contributed by atoms with Crippen LogP contribution in [0, 0.1) is 5.92 Å². The number of halogens is 2. The van der Waals surface area contributed by atoms with Gasteiger partial charge in [-0.05, 0) is 30.3 Å². The van der Waals surface area contributed by atoms with Gasteiger partial charge in [-0.3, -0.25) is 9.59 Å². The molecular weight excluding hydrogens is 425 g/mol. The van der Waals surface area contributed by atoms with Crippen LogP contribution in [0.4, 0.5) is 11.4 Å². The standard InChI is InChI=1S/C22H25Cl2N3O3/c1-14(2)22(29)27-11-9-26(10-12-27)20-16(23)5-4-6-18(20)25-21(28)15-7-8-19(30-3)17(24)13-15/h4-8,13-14H,9-12H2,1-3H3,(H,25,28). The van der Waals surface area contributed by atoms with Crippen molar-refractivity contribution in [3.63, 3.8) is 0 Å². The molecule has 0 aromatic heterocycles. The number of para-hydroxylation sites is 1. The maximum absolute atomic E-state index is 12.8. The molecule has 2 aromatic carbocycles. The van der Waals surface area contributed by atoms with Crippen LogP contribution in [0.2, 0.25) is 10.0 Å². The molecule has 3 rings (SSSR count). The average Bonchev–Trinajstić information content (AvgIpc) is 2.73. The summed E-state index contributed by atoms with van der Waals surface area (Å²) < 4.78 is 5.14. The summed E-state index contributed by atoms with van der Waals surface area (Å²) in [5.41, 5.74) is 1.78. The quantitative estimate of drug-likeness (QED) is 0.726. The lowest BCUT2D eigenvalue weighted by Crippen LogP contribution is -2.50. The molecule has 0 aliphatic carbocycles. The van der Waals surface area contributed by atoms with E-state index < -0.39 is 0 Å². The number of piperazine rings is 1. The Hall–Kier alpha value is -2.44. The van der Waals surface area contributed by atoms with Crippen molar-refractivity contribution >= 4 is 46.4 Å². The maximum atomic E-state index is 12.8. The first-order valence-electron chi connectivity index (χ1n) is 9.79. The van der Waals surface area contributed by atoms with Crippen molar-refractivity contribution in [3.05, 3.63) is 52.0 Å². The van der Waals surface area contributed by atoms with Crippen LogP contribution in [0.1, 0.15) is 24.2 Å². The van der Waals surface area contributed by atoms with Crippen molar-refractivity contribution in [1.29, 1.82) is 0 Å². The molecule has 160 valence electrons. The lowest BCUT2D eigenvalue weighted by atomic mass is 10.1. The van der Waals surface area contributed by atoms with Gasteiger partial charge in [0.05, 0.1) is 28.5 Å². The first-order chi connectivity index (χ1) is 14.3. The van der Waals surface area contributed by atoms with Gasteiger partial charge in [0.1, 0.15) is 5.75 Å². The van der Waals surface area contributed by atoms with Crippen LogP contribution < -0.4 is 15.0 Å². The first kappa shape index (κ1) is 22.2. The van der Waals surface area contributed by atoms with Crippen LogP contribution in [0.5, 0.6) is 5.75 Å². The van der Waals surface area contributed by atoms with Gasteiger partial charge in [0.15, 0.2) is 0 Å². The summed E-state index contributed by atoms with van der Waals surface area (Å²) in [6, 6.07) is 10.3. The van der Waals surface area contributed by atoms with Crippen molar-refractivity contribution in [1.82, 2.24) is 4.90 Å². The number of nitrogens with one attached hydrogen (secondary N) is 1. The van der Waals surface area contributed by atoms with Crippen LogP contribution >= 0.6 is 23.2 Å². The fourth-order valence-corrected chi connectivity index (χ4v) is 4.01. The van der Waals surface area contributed by atoms with Gasteiger partial charge >= 0.3 is 0 Å². The summed E-state index contributed by atoms with van der Waals surface area (Å²) in [4.78, 5) is 29.0. The Bertz CT molecular complexity index is 941. The Labute approximate surface area is 186 Å². The van der Waals surface area contributed by atoms with Crippen molar-refractivity contribution in [3.8, 4) is 5.75 Å². The fraction of sp³-hybridized carbons (Fsp3) is 0.364. The van der Waals surface area contributed by atoms with E-state index in [-0.39, 0.29) is 17.7 Å². The Morgan fingerprint density at radius 1 is 1.03 bits per heavy atom. The van der Waals surface area contributed by atoms with E-state index in [2.05, 4.69) is 10.2 Å². The number of hydrogen-bond acceptors (Lipinski definition) is 4. The smallest absolute Gasteiger partial charge is 0.255 e. The second-order valence-electron chi connectivity index (χ2n) is 7.41. The van der Waals surface area contributed by atoms with Gasteiger partial charge in [-0.1, -0.05) is 43.1 Å². The summed E-state index contributed by atoms with van der Waals surface area (Å²) in [5, 5.41) is 3.85. The van der Waals surface area contributed by atoms with Crippen molar-refractivity contribution < 1.29 is 14.3 Å². The molecule has 1 saturated heterocycles. The Morgan fingerprint density at radius 2 is 1.73 bits per heavy atom. The SMILES string of the molecule is COc1ccc(C(=O)Nc2cccc(Cl)c2N2CCN(C(=O)C(C)C)CC2)cc1Cl. The van der Waals surface area contributed by atoms with Crippen LogP contribution in [0.3, 0.4) is 0 Å². The predicted molar refractivity (Wildman–Crippen MR) is 121 cm³/mol. The molecule has 2 aromatic rings. The van der Waals surface area contributed by atoms with Gasteiger partial charge in [0, 0.05) is 37.7 Å². The third-order valence-electron chi connectivity index (χ3n) is 5.05. The van der Waals surface area contributed by atoms with E-state index in [1.54, 1.807) is 30.3 Å². The number of ether oxygens (including phenoxy) is 1. The minimum atomic E-state index is -0.295. The molecule has 1 aliphatic heterocycles. The van der Waals surface area contributed by atoms with Crippen LogP contribution in [0.25, 0.3) is 0 Å². The third kappa shape index (κ3) is 4.82. The van der Waals surface area contributed by atoms with Gasteiger partial charge in [0.2, 0.25) is 5.91 Å². The van der Waals surface area contributed by atoms with Crippen LogP contribution in [-0.2, 0) is 4.79 Å². The number of nitrogens with zero attached hydrogens (tertiary/aromatic N) is 2. The Balaban J connectivity index is 1.78. The molecule has 6 nitrogen and oxygen atoms in total. The van der Waals surface area contributed by atoms with E-state index in [9.17, 15) is 9.59 Å². The van der Waals surface area contributed by atoms with Gasteiger partial charge in [-0.25, -0.2) is 0 Å². The zero-order valence-corrected chi connectivity index (χ0v) is 18.8. The zero-order chi connectivity index (χ0) is 21.8. The molecule has 1 aliphatic rings. The molecule has 8 heteroatoms. The normalized spacial score (nSPS) is 14.1. The number of benzene rings is 2. The highest BCUT2D eigenvalue weighted by Gasteiger charge is 2.25. The molecule has 0 unspecified atom stereocenters. The highest BCUT2D eigenvalue weighted by Crippen LogP contribution is 2.35. The number of carbonyl (C=O) groups excluding carboxylic acids is 2. The van der Waals surface area contributed by atoms with E-state index >= 15 is 0 Å². The van der Waals surface area contributed by atoms with Crippen LogP contribution in [0.15, 0.2) is 36.4 Å². The number of methoxy groups -OCH3 is 1. The molecule has 1 fully saturated rings. The molecule has 0 bridgehead atoms. The number of carbonyl (C=O) groups is 2. The highest BCUT2D eigenvalue weighted by atomic mass is 35.5. The topological polar surface area (TPSA) is 61.9 Å². The summed E-state index contributed by atoms with van der Waals surface area (Å²) in [6.45, 7) is 6.32. The van der Waals surface area contributed by atoms with Crippen molar-refractivity contribution in [2.24, 2.45) is 5.92 Å². The van der Waals surface area contributed by atoms with Crippen molar-refractivity contribution in [2.75, 3.05) is 43.5 Å². The molecule has 0 saturated carbocycles. The lowest BCUT2D eigenvalue weighted by molar-refractivity contribution is -0.134. The lowest BCUT2D eigenvalue weighted by Gasteiger charge is -2.38. The minimum Gasteiger partial charge on any atom is -0.495 e. The number of rotatable bonds is 5.